The van der Waals surface area contributed by atoms with E-state index in [0.29, 0.717) is 19.1 Å². The summed E-state index contributed by atoms with van der Waals surface area (Å²) in [5.41, 5.74) is 0. The largest absolute Gasteiger partial charge is 0.396 e. The normalized spacial score (nSPS) is 13.4. The highest BCUT2D eigenvalue weighted by Crippen LogP contribution is 2.15. The van der Waals surface area contributed by atoms with Gasteiger partial charge in [0, 0.05) is 13.2 Å². The van der Waals surface area contributed by atoms with E-state index in [9.17, 15) is 0 Å². The summed E-state index contributed by atoms with van der Waals surface area (Å²) in [4.78, 5) is 0. The van der Waals surface area contributed by atoms with Crippen molar-refractivity contribution in [1.29, 1.82) is 0 Å². The minimum Gasteiger partial charge on any atom is -0.396 e. The van der Waals surface area contributed by atoms with Crippen molar-refractivity contribution >= 4 is 0 Å². The number of aliphatic hydroxyl groups excluding tert-OH is 2. The van der Waals surface area contributed by atoms with Crippen LogP contribution in [0.1, 0.15) is 39.0 Å². The van der Waals surface area contributed by atoms with E-state index in [-0.39, 0.29) is 0 Å². The van der Waals surface area contributed by atoms with Gasteiger partial charge in [-0.3, -0.25) is 0 Å². The molecule has 1 atom stereocenters. The number of aliphatic hydroxyl groups is 2. The SMILES string of the molecule is CC[C@@H](CCO)CCCCO. The fraction of sp³-hybridized carbons (Fsp3) is 1.00. The van der Waals surface area contributed by atoms with Gasteiger partial charge in [-0.2, -0.15) is 0 Å². The lowest BCUT2D eigenvalue weighted by atomic mass is 9.96. The number of hydrogen-bond donors (Lipinski definition) is 2. The molecule has 0 rings (SSSR count). The zero-order valence-electron chi connectivity index (χ0n) is 7.42. The molecular formula is C9H20O2. The Labute approximate surface area is 69.2 Å². The first-order valence-corrected chi connectivity index (χ1v) is 4.56. The van der Waals surface area contributed by atoms with E-state index < -0.39 is 0 Å². The van der Waals surface area contributed by atoms with Crippen molar-refractivity contribution < 1.29 is 10.2 Å². The van der Waals surface area contributed by atoms with Crippen LogP contribution < -0.4 is 0 Å². The Hall–Kier alpha value is -0.0800. The summed E-state index contributed by atoms with van der Waals surface area (Å²) in [7, 11) is 0. The van der Waals surface area contributed by atoms with Crippen LogP contribution in [0.25, 0.3) is 0 Å². The third-order valence-corrected chi connectivity index (χ3v) is 2.14. The molecule has 2 nitrogen and oxygen atoms in total. The maximum atomic E-state index is 8.67. The van der Waals surface area contributed by atoms with Gasteiger partial charge in [0.05, 0.1) is 0 Å². The molecule has 68 valence electrons. The van der Waals surface area contributed by atoms with Gasteiger partial charge in [0.15, 0.2) is 0 Å². The molecule has 2 N–H and O–H groups in total. The molecule has 0 saturated heterocycles. The molecular weight excluding hydrogens is 140 g/mol. The lowest BCUT2D eigenvalue weighted by Gasteiger charge is -2.11. The van der Waals surface area contributed by atoms with E-state index in [1.54, 1.807) is 0 Å². The van der Waals surface area contributed by atoms with Crippen LogP contribution >= 0.6 is 0 Å². The lowest BCUT2D eigenvalue weighted by Crippen LogP contribution is -2.02. The molecule has 11 heavy (non-hydrogen) atoms. The predicted octanol–water partition coefficient (Wildman–Crippen LogP) is 1.56. The first kappa shape index (κ1) is 10.9. The van der Waals surface area contributed by atoms with Crippen molar-refractivity contribution in [2.75, 3.05) is 13.2 Å². The highest BCUT2D eigenvalue weighted by atomic mass is 16.3. The van der Waals surface area contributed by atoms with E-state index >= 15 is 0 Å². The fourth-order valence-corrected chi connectivity index (χ4v) is 1.28. The number of rotatable bonds is 7. The van der Waals surface area contributed by atoms with Crippen molar-refractivity contribution in [2.45, 2.75) is 39.0 Å². The third-order valence-electron chi connectivity index (χ3n) is 2.14. The van der Waals surface area contributed by atoms with Gasteiger partial charge < -0.3 is 10.2 Å². The Morgan fingerprint density at radius 3 is 2.18 bits per heavy atom. The van der Waals surface area contributed by atoms with Crippen molar-refractivity contribution in [3.8, 4) is 0 Å². The fourth-order valence-electron chi connectivity index (χ4n) is 1.28. The monoisotopic (exact) mass is 160 g/mol. The molecule has 0 unspecified atom stereocenters. The maximum absolute atomic E-state index is 8.67. The molecule has 0 fully saturated rings. The van der Waals surface area contributed by atoms with Crippen molar-refractivity contribution in [3.63, 3.8) is 0 Å². The molecule has 0 aromatic rings. The molecule has 0 aliphatic heterocycles. The maximum Gasteiger partial charge on any atom is 0.0433 e. The van der Waals surface area contributed by atoms with Crippen LogP contribution in [0.2, 0.25) is 0 Å². The lowest BCUT2D eigenvalue weighted by molar-refractivity contribution is 0.239. The summed E-state index contributed by atoms with van der Waals surface area (Å²) in [6.45, 7) is 2.76. The van der Waals surface area contributed by atoms with Gasteiger partial charge in [-0.05, 0) is 18.8 Å². The number of hydrogen-bond acceptors (Lipinski definition) is 2. The van der Waals surface area contributed by atoms with Crippen LogP contribution in [0.5, 0.6) is 0 Å². The van der Waals surface area contributed by atoms with Crippen molar-refractivity contribution in [1.82, 2.24) is 0 Å². The molecule has 0 saturated carbocycles. The second kappa shape index (κ2) is 8.02. The molecule has 0 amide bonds. The van der Waals surface area contributed by atoms with Crippen LogP contribution in [-0.2, 0) is 0 Å². The van der Waals surface area contributed by atoms with E-state index in [1.807, 2.05) is 0 Å². The van der Waals surface area contributed by atoms with E-state index in [1.165, 1.54) is 0 Å². The van der Waals surface area contributed by atoms with Crippen LogP contribution in [0, 0.1) is 5.92 Å². The average Bonchev–Trinajstić information content (AvgIpc) is 2.03. The van der Waals surface area contributed by atoms with Crippen LogP contribution in [0.15, 0.2) is 0 Å². The minimum atomic E-state index is 0.301. The third kappa shape index (κ3) is 6.32. The second-order valence-corrected chi connectivity index (χ2v) is 3.01. The summed E-state index contributed by atoms with van der Waals surface area (Å²) in [6.07, 6.45) is 5.21. The van der Waals surface area contributed by atoms with Gasteiger partial charge in [0.25, 0.3) is 0 Å². The van der Waals surface area contributed by atoms with Crippen molar-refractivity contribution in [2.24, 2.45) is 5.92 Å². The molecule has 0 aliphatic rings. The molecule has 0 spiro atoms. The molecule has 0 heterocycles. The predicted molar refractivity (Wildman–Crippen MR) is 46.4 cm³/mol. The van der Waals surface area contributed by atoms with Gasteiger partial charge in [-0.1, -0.05) is 26.2 Å². The number of unbranched alkanes of at least 4 members (excludes halogenated alkanes) is 1. The quantitative estimate of drug-likeness (QED) is 0.555. The first-order chi connectivity index (χ1) is 5.35. The Balaban J connectivity index is 3.20. The topological polar surface area (TPSA) is 40.5 Å². The minimum absolute atomic E-state index is 0.301. The molecule has 0 aliphatic carbocycles. The summed E-state index contributed by atoms with van der Waals surface area (Å²) in [6, 6.07) is 0. The highest BCUT2D eigenvalue weighted by molar-refractivity contribution is 4.56. The van der Waals surface area contributed by atoms with Gasteiger partial charge in [-0.25, -0.2) is 0 Å². The Morgan fingerprint density at radius 1 is 1.00 bits per heavy atom. The van der Waals surface area contributed by atoms with Gasteiger partial charge in [0.1, 0.15) is 0 Å². The molecule has 0 radical (unpaired) electrons. The second-order valence-electron chi connectivity index (χ2n) is 3.01. The van der Waals surface area contributed by atoms with E-state index in [4.69, 9.17) is 10.2 Å². The molecule has 0 aromatic carbocycles. The molecule has 2 heteroatoms. The summed E-state index contributed by atoms with van der Waals surface area (Å²) in [5.74, 6) is 0.659. The zero-order valence-corrected chi connectivity index (χ0v) is 7.42. The van der Waals surface area contributed by atoms with Crippen LogP contribution in [0.3, 0.4) is 0 Å². The smallest absolute Gasteiger partial charge is 0.0433 e. The Kier molecular flexibility index (Phi) is 7.96. The molecule has 0 bridgehead atoms. The molecule has 0 aromatic heterocycles. The van der Waals surface area contributed by atoms with Gasteiger partial charge >= 0.3 is 0 Å². The first-order valence-electron chi connectivity index (χ1n) is 4.56. The summed E-state index contributed by atoms with van der Waals surface area (Å²) in [5, 5.41) is 17.2. The van der Waals surface area contributed by atoms with Crippen LogP contribution in [-0.4, -0.2) is 23.4 Å². The van der Waals surface area contributed by atoms with Crippen molar-refractivity contribution in [3.05, 3.63) is 0 Å². The van der Waals surface area contributed by atoms with E-state index in [0.717, 1.165) is 32.1 Å². The standard InChI is InChI=1S/C9H20O2/c1-2-9(6-8-11)5-3-4-7-10/h9-11H,2-8H2,1H3/t9-/m1/s1. The summed E-state index contributed by atoms with van der Waals surface area (Å²) >= 11 is 0. The van der Waals surface area contributed by atoms with E-state index in [2.05, 4.69) is 6.92 Å². The average molecular weight is 160 g/mol. The van der Waals surface area contributed by atoms with Gasteiger partial charge in [0.2, 0.25) is 0 Å². The van der Waals surface area contributed by atoms with Crippen LogP contribution in [0.4, 0.5) is 0 Å². The highest BCUT2D eigenvalue weighted by Gasteiger charge is 2.03. The van der Waals surface area contributed by atoms with Gasteiger partial charge in [-0.15, -0.1) is 0 Å². The zero-order chi connectivity index (χ0) is 8.53. The summed E-state index contributed by atoms with van der Waals surface area (Å²) < 4.78 is 0. The Morgan fingerprint density at radius 2 is 1.73 bits per heavy atom. The Bertz CT molecular complexity index is 74.0.